The highest BCUT2D eigenvalue weighted by atomic mass is 35.5. The van der Waals surface area contributed by atoms with E-state index in [4.69, 9.17) is 16.7 Å². The van der Waals surface area contributed by atoms with Crippen molar-refractivity contribution in [1.82, 2.24) is 5.32 Å². The Balaban J connectivity index is 2.08. The average molecular weight is 283 g/mol. The van der Waals surface area contributed by atoms with Gasteiger partial charge in [-0.05, 0) is 37.2 Å². The molecule has 1 atom stereocenters. The summed E-state index contributed by atoms with van der Waals surface area (Å²) < 4.78 is 0. The number of anilines is 1. The third-order valence-electron chi connectivity index (χ3n) is 2.96. The summed E-state index contributed by atoms with van der Waals surface area (Å²) >= 11 is 5.78. The monoisotopic (exact) mass is 282 g/mol. The highest BCUT2D eigenvalue weighted by molar-refractivity contribution is 6.30. The van der Waals surface area contributed by atoms with E-state index in [2.05, 4.69) is 5.32 Å². The van der Waals surface area contributed by atoms with E-state index in [0.717, 1.165) is 0 Å². The van der Waals surface area contributed by atoms with Crippen LogP contribution in [0, 0.1) is 0 Å². The summed E-state index contributed by atoms with van der Waals surface area (Å²) in [5.74, 6) is -0.487. The Labute approximate surface area is 116 Å². The second kappa shape index (κ2) is 6.14. The maximum atomic E-state index is 12.1. The minimum Gasteiger partial charge on any atom is -0.396 e. The van der Waals surface area contributed by atoms with Crippen LogP contribution < -0.4 is 10.2 Å². The van der Waals surface area contributed by atoms with Gasteiger partial charge in [0.25, 0.3) is 5.91 Å². The Morgan fingerprint density at radius 2 is 2.00 bits per heavy atom. The second-order valence-electron chi connectivity index (χ2n) is 4.33. The van der Waals surface area contributed by atoms with Crippen molar-refractivity contribution in [3.8, 4) is 0 Å². The van der Waals surface area contributed by atoms with Gasteiger partial charge in [0.1, 0.15) is 0 Å². The van der Waals surface area contributed by atoms with Gasteiger partial charge in [-0.25, -0.2) is 4.90 Å². The van der Waals surface area contributed by atoms with Crippen molar-refractivity contribution >= 4 is 29.1 Å². The molecule has 0 spiro atoms. The SMILES string of the molecule is O=C1C[C@@H](NCCCO)C(=O)N1c1ccc(Cl)cc1. The largest absolute Gasteiger partial charge is 0.396 e. The fourth-order valence-corrected chi connectivity index (χ4v) is 2.13. The first-order chi connectivity index (χ1) is 9.13. The highest BCUT2D eigenvalue weighted by Crippen LogP contribution is 2.24. The molecule has 1 fully saturated rings. The summed E-state index contributed by atoms with van der Waals surface area (Å²) in [5, 5.41) is 12.2. The van der Waals surface area contributed by atoms with E-state index in [1.54, 1.807) is 24.3 Å². The van der Waals surface area contributed by atoms with Gasteiger partial charge < -0.3 is 10.4 Å². The number of amides is 2. The summed E-state index contributed by atoms with van der Waals surface area (Å²) in [7, 11) is 0. The lowest BCUT2D eigenvalue weighted by Gasteiger charge is -2.15. The minimum absolute atomic E-state index is 0.0583. The van der Waals surface area contributed by atoms with Gasteiger partial charge in [-0.3, -0.25) is 9.59 Å². The Bertz CT molecular complexity index is 475. The van der Waals surface area contributed by atoms with Crippen molar-refractivity contribution < 1.29 is 14.7 Å². The van der Waals surface area contributed by atoms with Gasteiger partial charge in [-0.2, -0.15) is 0 Å². The molecule has 0 aliphatic carbocycles. The van der Waals surface area contributed by atoms with E-state index in [-0.39, 0.29) is 24.8 Å². The number of benzene rings is 1. The average Bonchev–Trinajstić information content (AvgIpc) is 2.67. The standard InChI is InChI=1S/C13H15ClN2O3/c14-9-2-4-10(5-3-9)16-12(18)8-11(13(16)19)15-6-1-7-17/h2-5,11,15,17H,1,6-8H2/t11-/m1/s1. The highest BCUT2D eigenvalue weighted by Gasteiger charge is 2.38. The minimum atomic E-state index is -0.505. The molecule has 102 valence electrons. The Hall–Kier alpha value is -1.43. The molecule has 0 unspecified atom stereocenters. The molecular weight excluding hydrogens is 268 g/mol. The molecule has 0 bridgehead atoms. The second-order valence-corrected chi connectivity index (χ2v) is 4.77. The third-order valence-corrected chi connectivity index (χ3v) is 3.21. The number of nitrogens with one attached hydrogen (secondary N) is 1. The molecule has 1 aromatic carbocycles. The maximum Gasteiger partial charge on any atom is 0.251 e. The lowest BCUT2D eigenvalue weighted by atomic mass is 10.2. The van der Waals surface area contributed by atoms with Gasteiger partial charge in [0.05, 0.1) is 18.2 Å². The third kappa shape index (κ3) is 3.12. The van der Waals surface area contributed by atoms with Crippen LogP contribution in [0.15, 0.2) is 24.3 Å². The molecule has 19 heavy (non-hydrogen) atoms. The molecule has 2 N–H and O–H groups in total. The predicted octanol–water partition coefficient (Wildman–Crippen LogP) is 0.944. The molecule has 0 aromatic heterocycles. The first-order valence-corrected chi connectivity index (χ1v) is 6.48. The zero-order valence-corrected chi connectivity index (χ0v) is 11.1. The normalized spacial score (nSPS) is 19.3. The van der Waals surface area contributed by atoms with E-state index < -0.39 is 6.04 Å². The Morgan fingerprint density at radius 3 is 2.63 bits per heavy atom. The van der Waals surface area contributed by atoms with Crippen LogP contribution in [-0.2, 0) is 9.59 Å². The zero-order valence-electron chi connectivity index (χ0n) is 10.3. The molecule has 2 rings (SSSR count). The number of rotatable bonds is 5. The number of carbonyl (C=O) groups is 2. The molecule has 2 amide bonds. The number of aliphatic hydroxyl groups is 1. The van der Waals surface area contributed by atoms with Gasteiger partial charge in [-0.15, -0.1) is 0 Å². The van der Waals surface area contributed by atoms with E-state index in [1.165, 1.54) is 4.90 Å². The predicted molar refractivity (Wildman–Crippen MR) is 72.1 cm³/mol. The molecule has 1 aliphatic heterocycles. The van der Waals surface area contributed by atoms with Crippen LogP contribution in [0.5, 0.6) is 0 Å². The van der Waals surface area contributed by atoms with E-state index in [1.807, 2.05) is 0 Å². The molecule has 1 heterocycles. The van der Waals surface area contributed by atoms with Crippen molar-refractivity contribution in [2.75, 3.05) is 18.1 Å². The summed E-state index contributed by atoms with van der Waals surface area (Å²) in [5.41, 5.74) is 0.533. The molecule has 5 nitrogen and oxygen atoms in total. The fraction of sp³-hybridized carbons (Fsp3) is 0.385. The first-order valence-electron chi connectivity index (χ1n) is 6.10. The van der Waals surface area contributed by atoms with Gasteiger partial charge >= 0.3 is 0 Å². The van der Waals surface area contributed by atoms with Gasteiger partial charge in [-0.1, -0.05) is 11.6 Å². The van der Waals surface area contributed by atoms with Crippen LogP contribution in [0.1, 0.15) is 12.8 Å². The first kappa shape index (κ1) is 14.0. The van der Waals surface area contributed by atoms with Crippen LogP contribution in [0.3, 0.4) is 0 Å². The molecule has 1 aliphatic rings. The lowest BCUT2D eigenvalue weighted by molar-refractivity contribution is -0.121. The molecule has 1 saturated heterocycles. The van der Waals surface area contributed by atoms with Crippen LogP contribution in [0.2, 0.25) is 5.02 Å². The Morgan fingerprint density at radius 1 is 1.32 bits per heavy atom. The number of imide groups is 1. The van der Waals surface area contributed by atoms with Crippen LogP contribution in [-0.4, -0.2) is 36.1 Å². The maximum absolute atomic E-state index is 12.1. The molecule has 0 saturated carbocycles. The van der Waals surface area contributed by atoms with Crippen LogP contribution in [0.25, 0.3) is 0 Å². The lowest BCUT2D eigenvalue weighted by Crippen LogP contribution is -2.39. The van der Waals surface area contributed by atoms with Crippen LogP contribution in [0.4, 0.5) is 5.69 Å². The van der Waals surface area contributed by atoms with E-state index in [9.17, 15) is 9.59 Å². The molecular formula is C13H15ClN2O3. The van der Waals surface area contributed by atoms with E-state index >= 15 is 0 Å². The number of hydrogen-bond acceptors (Lipinski definition) is 4. The molecule has 0 radical (unpaired) electrons. The summed E-state index contributed by atoms with van der Waals surface area (Å²) in [6.07, 6.45) is 0.700. The Kier molecular flexibility index (Phi) is 4.52. The number of hydrogen-bond donors (Lipinski definition) is 2. The van der Waals surface area contributed by atoms with Crippen molar-refractivity contribution in [2.45, 2.75) is 18.9 Å². The summed E-state index contributed by atoms with van der Waals surface area (Å²) in [6.45, 7) is 0.567. The molecule has 1 aromatic rings. The number of nitrogens with zero attached hydrogens (tertiary/aromatic N) is 1. The van der Waals surface area contributed by atoms with Gasteiger partial charge in [0, 0.05) is 11.6 Å². The zero-order chi connectivity index (χ0) is 13.8. The fourth-order valence-electron chi connectivity index (χ4n) is 2.01. The number of halogens is 1. The van der Waals surface area contributed by atoms with Crippen molar-refractivity contribution in [3.63, 3.8) is 0 Å². The van der Waals surface area contributed by atoms with Crippen molar-refractivity contribution in [3.05, 3.63) is 29.3 Å². The number of aliphatic hydroxyl groups excluding tert-OH is 1. The van der Waals surface area contributed by atoms with Gasteiger partial charge in [0.15, 0.2) is 0 Å². The molecule has 6 heteroatoms. The van der Waals surface area contributed by atoms with Crippen molar-refractivity contribution in [1.29, 1.82) is 0 Å². The van der Waals surface area contributed by atoms with E-state index in [0.29, 0.717) is 23.7 Å². The van der Waals surface area contributed by atoms with Crippen LogP contribution >= 0.6 is 11.6 Å². The smallest absolute Gasteiger partial charge is 0.251 e. The topological polar surface area (TPSA) is 69.6 Å². The summed E-state index contributed by atoms with van der Waals surface area (Å²) in [4.78, 5) is 25.2. The quantitative estimate of drug-likeness (QED) is 0.623. The van der Waals surface area contributed by atoms with Crippen molar-refractivity contribution in [2.24, 2.45) is 0 Å². The summed E-state index contributed by atoms with van der Waals surface area (Å²) in [6, 6.07) is 6.07. The number of carbonyl (C=O) groups excluding carboxylic acids is 2. The van der Waals surface area contributed by atoms with Gasteiger partial charge in [0.2, 0.25) is 5.91 Å².